The van der Waals surface area contributed by atoms with Gasteiger partial charge < -0.3 is 15.2 Å². The fourth-order valence-electron chi connectivity index (χ4n) is 3.32. The standard InChI is InChI=1S/C17H24N6O6S/c1-28-5-4-23-3-2-14(22-23)16(25)13-8-19-10-20-17(13)21-12-6-11(15(24)7-12)9-29-30(18,26)27/h2-3,8,10-12,15,24H,4-7,9H2,1H3,(H2,18,26,27)(H,19,20,21)/t11?,12-,15+/m1/s1. The van der Waals surface area contributed by atoms with E-state index in [-0.39, 0.29) is 29.7 Å². The summed E-state index contributed by atoms with van der Waals surface area (Å²) in [4.78, 5) is 21.0. The number of carbonyl (C=O) groups excluding carboxylic acids is 1. The number of hydrogen-bond acceptors (Lipinski definition) is 10. The highest BCUT2D eigenvalue weighted by Gasteiger charge is 2.34. The van der Waals surface area contributed by atoms with Crippen molar-refractivity contribution in [3.05, 3.63) is 36.0 Å². The molecule has 2 heterocycles. The van der Waals surface area contributed by atoms with Crippen molar-refractivity contribution in [1.82, 2.24) is 19.7 Å². The third-order valence-corrected chi connectivity index (χ3v) is 5.26. The van der Waals surface area contributed by atoms with E-state index >= 15 is 0 Å². The minimum absolute atomic E-state index is 0.216. The first-order chi connectivity index (χ1) is 14.3. The molecule has 0 amide bonds. The summed E-state index contributed by atoms with van der Waals surface area (Å²) in [5.74, 6) is -0.452. The lowest BCUT2D eigenvalue weighted by molar-refractivity contribution is 0.101. The number of aromatic nitrogens is 4. The normalized spacial score (nSPS) is 21.6. The molecule has 12 nitrogen and oxygen atoms in total. The molecule has 1 unspecified atom stereocenters. The van der Waals surface area contributed by atoms with E-state index in [9.17, 15) is 18.3 Å². The van der Waals surface area contributed by atoms with Crippen LogP contribution in [0, 0.1) is 5.92 Å². The van der Waals surface area contributed by atoms with Crippen LogP contribution < -0.4 is 10.5 Å². The molecule has 0 aromatic carbocycles. The van der Waals surface area contributed by atoms with Crippen molar-refractivity contribution in [1.29, 1.82) is 0 Å². The van der Waals surface area contributed by atoms with Gasteiger partial charge in [0.05, 0.1) is 31.4 Å². The van der Waals surface area contributed by atoms with E-state index in [4.69, 9.17) is 9.88 Å². The zero-order valence-corrected chi connectivity index (χ0v) is 17.2. The van der Waals surface area contributed by atoms with Gasteiger partial charge in [-0.25, -0.2) is 15.1 Å². The van der Waals surface area contributed by atoms with Gasteiger partial charge in [-0.15, -0.1) is 0 Å². The molecule has 1 fully saturated rings. The summed E-state index contributed by atoms with van der Waals surface area (Å²) in [7, 11) is -2.49. The summed E-state index contributed by atoms with van der Waals surface area (Å²) in [6, 6.07) is 1.36. The average Bonchev–Trinajstić information content (AvgIpc) is 3.30. The van der Waals surface area contributed by atoms with Crippen molar-refractivity contribution in [2.75, 3.05) is 25.6 Å². The Kier molecular flexibility index (Phi) is 7.10. The number of nitrogens with zero attached hydrogens (tertiary/aromatic N) is 4. The van der Waals surface area contributed by atoms with Crippen LogP contribution in [0.15, 0.2) is 24.8 Å². The first kappa shape index (κ1) is 22.2. The Morgan fingerprint density at radius 3 is 2.97 bits per heavy atom. The van der Waals surface area contributed by atoms with E-state index in [0.29, 0.717) is 31.8 Å². The second kappa shape index (κ2) is 9.57. The topological polar surface area (TPSA) is 172 Å². The maximum Gasteiger partial charge on any atom is 0.333 e. The Balaban J connectivity index is 1.68. The Morgan fingerprint density at radius 2 is 2.23 bits per heavy atom. The predicted octanol–water partition coefficient (Wildman–Crippen LogP) is -0.678. The van der Waals surface area contributed by atoms with E-state index in [2.05, 4.69) is 24.6 Å². The van der Waals surface area contributed by atoms with Gasteiger partial charge in [0.25, 0.3) is 0 Å². The van der Waals surface area contributed by atoms with E-state index in [1.165, 1.54) is 12.5 Å². The monoisotopic (exact) mass is 440 g/mol. The van der Waals surface area contributed by atoms with Crippen molar-refractivity contribution in [2.24, 2.45) is 11.1 Å². The number of rotatable bonds is 10. The van der Waals surface area contributed by atoms with Gasteiger partial charge in [0, 0.05) is 31.5 Å². The van der Waals surface area contributed by atoms with Gasteiger partial charge in [-0.1, -0.05) is 0 Å². The van der Waals surface area contributed by atoms with Crippen molar-refractivity contribution >= 4 is 21.9 Å². The number of anilines is 1. The van der Waals surface area contributed by atoms with Crippen molar-refractivity contribution in [3.63, 3.8) is 0 Å². The number of nitrogens with two attached hydrogens (primary N) is 1. The molecular formula is C17H24N6O6S. The molecule has 164 valence electrons. The van der Waals surface area contributed by atoms with E-state index in [0.717, 1.165) is 0 Å². The summed E-state index contributed by atoms with van der Waals surface area (Å²) in [5, 5.41) is 22.4. The number of hydrogen-bond donors (Lipinski definition) is 3. The van der Waals surface area contributed by atoms with E-state index in [1.54, 1.807) is 24.1 Å². The molecule has 0 aliphatic heterocycles. The largest absolute Gasteiger partial charge is 0.393 e. The Morgan fingerprint density at radius 1 is 1.43 bits per heavy atom. The van der Waals surface area contributed by atoms with Gasteiger partial charge in [-0.2, -0.15) is 13.5 Å². The minimum atomic E-state index is -4.08. The van der Waals surface area contributed by atoms with Crippen LogP contribution in [-0.2, 0) is 25.8 Å². The van der Waals surface area contributed by atoms with Gasteiger partial charge in [0.15, 0.2) is 0 Å². The van der Waals surface area contributed by atoms with Gasteiger partial charge in [0.2, 0.25) is 5.78 Å². The molecule has 3 atom stereocenters. The molecule has 30 heavy (non-hydrogen) atoms. The third-order valence-electron chi connectivity index (χ3n) is 4.80. The molecule has 0 saturated heterocycles. The van der Waals surface area contributed by atoms with Gasteiger partial charge in [-0.3, -0.25) is 13.7 Å². The number of nitrogens with one attached hydrogen (secondary N) is 1. The van der Waals surface area contributed by atoms with Crippen LogP contribution >= 0.6 is 0 Å². The summed E-state index contributed by atoms with van der Waals surface area (Å²) >= 11 is 0. The van der Waals surface area contributed by atoms with E-state index in [1.807, 2.05) is 0 Å². The first-order valence-corrected chi connectivity index (χ1v) is 10.7. The molecule has 0 radical (unpaired) electrons. The molecule has 1 aliphatic rings. The van der Waals surface area contributed by atoms with Gasteiger partial charge >= 0.3 is 10.3 Å². The maximum atomic E-state index is 12.9. The molecule has 0 bridgehead atoms. The Labute approximate surface area is 173 Å². The van der Waals surface area contributed by atoms with Crippen LogP contribution in [0.3, 0.4) is 0 Å². The molecular weight excluding hydrogens is 416 g/mol. The SMILES string of the molecule is COCCn1ccc(C(=O)c2cncnc2N[C@@H]2CC(COS(N)(=O)=O)[C@@H](O)C2)n1. The minimum Gasteiger partial charge on any atom is -0.393 e. The highest BCUT2D eigenvalue weighted by atomic mass is 32.2. The molecule has 3 rings (SSSR count). The van der Waals surface area contributed by atoms with Crippen molar-refractivity contribution in [2.45, 2.75) is 31.5 Å². The highest BCUT2D eigenvalue weighted by molar-refractivity contribution is 7.84. The van der Waals surface area contributed by atoms with E-state index < -0.39 is 22.3 Å². The molecule has 13 heteroatoms. The number of ether oxygens (including phenoxy) is 1. The fourth-order valence-corrected chi connectivity index (χ4v) is 3.68. The number of methoxy groups -OCH3 is 1. The number of aliphatic hydroxyl groups excluding tert-OH is 1. The molecule has 0 spiro atoms. The Hall–Kier alpha value is -2.45. The lowest BCUT2D eigenvalue weighted by Crippen LogP contribution is -2.24. The van der Waals surface area contributed by atoms with Crippen LogP contribution in [0.2, 0.25) is 0 Å². The smallest absolute Gasteiger partial charge is 0.333 e. The molecule has 2 aromatic heterocycles. The van der Waals surface area contributed by atoms with Crippen LogP contribution in [0.1, 0.15) is 28.9 Å². The number of aliphatic hydroxyl groups is 1. The second-order valence-corrected chi connectivity index (χ2v) is 8.21. The number of ketones is 1. The van der Waals surface area contributed by atoms with Crippen molar-refractivity contribution < 1.29 is 27.2 Å². The predicted molar refractivity (Wildman–Crippen MR) is 105 cm³/mol. The molecule has 2 aromatic rings. The summed E-state index contributed by atoms with van der Waals surface area (Å²) in [6.45, 7) is 0.770. The molecule has 4 N–H and O–H groups in total. The molecule has 1 saturated carbocycles. The summed E-state index contributed by atoms with van der Waals surface area (Å²) in [6.07, 6.45) is 4.37. The molecule has 1 aliphatic carbocycles. The fraction of sp³-hybridized carbons (Fsp3) is 0.529. The zero-order chi connectivity index (χ0) is 21.7. The maximum absolute atomic E-state index is 12.9. The van der Waals surface area contributed by atoms with Crippen LogP contribution in [0.5, 0.6) is 0 Å². The zero-order valence-electron chi connectivity index (χ0n) is 16.3. The van der Waals surface area contributed by atoms with Crippen LogP contribution in [-0.4, -0.2) is 71.5 Å². The van der Waals surface area contributed by atoms with Gasteiger partial charge in [0.1, 0.15) is 17.8 Å². The second-order valence-electron chi connectivity index (χ2n) is 6.99. The van der Waals surface area contributed by atoms with Crippen LogP contribution in [0.4, 0.5) is 5.82 Å². The quantitative estimate of drug-likeness (QED) is 0.402. The highest BCUT2D eigenvalue weighted by Crippen LogP contribution is 2.29. The Bertz CT molecular complexity index is 981. The summed E-state index contributed by atoms with van der Waals surface area (Å²) in [5.41, 5.74) is 0.489. The van der Waals surface area contributed by atoms with Gasteiger partial charge in [-0.05, 0) is 18.9 Å². The number of carbonyl (C=O) groups is 1. The van der Waals surface area contributed by atoms with Crippen LogP contribution in [0.25, 0.3) is 0 Å². The first-order valence-electron chi connectivity index (χ1n) is 9.25. The third kappa shape index (κ3) is 5.79. The lowest BCUT2D eigenvalue weighted by Gasteiger charge is -2.15. The average molecular weight is 440 g/mol. The van der Waals surface area contributed by atoms with Crippen molar-refractivity contribution in [3.8, 4) is 0 Å². The lowest BCUT2D eigenvalue weighted by atomic mass is 10.1. The summed E-state index contributed by atoms with van der Waals surface area (Å²) < 4.78 is 33.1.